The first kappa shape index (κ1) is 9.21. The monoisotopic (exact) mass is 212 g/mol. The van der Waals surface area contributed by atoms with E-state index in [1.165, 1.54) is 11.3 Å². The molecule has 0 saturated carbocycles. The minimum atomic E-state index is -0.887. The summed E-state index contributed by atoms with van der Waals surface area (Å²) in [7, 11) is 0. The van der Waals surface area contributed by atoms with Crippen molar-refractivity contribution in [3.05, 3.63) is 21.9 Å². The van der Waals surface area contributed by atoms with Gasteiger partial charge in [0, 0.05) is 9.75 Å². The number of hydrogen-bond acceptors (Lipinski definition) is 5. The molecule has 2 rings (SSSR count). The second-order valence-electron chi connectivity index (χ2n) is 2.93. The average Bonchev–Trinajstić information content (AvgIpc) is 2.51. The van der Waals surface area contributed by atoms with E-state index in [0.717, 1.165) is 4.88 Å². The van der Waals surface area contributed by atoms with E-state index in [-0.39, 0.29) is 6.79 Å². The third-order valence-electron chi connectivity index (χ3n) is 1.92. The number of carbonyl (C=O) groups excluding carboxylic acids is 2. The molecule has 1 fully saturated rings. The van der Waals surface area contributed by atoms with Crippen LogP contribution in [0.25, 0.3) is 0 Å². The van der Waals surface area contributed by atoms with Crippen LogP contribution in [0.1, 0.15) is 15.7 Å². The molecule has 14 heavy (non-hydrogen) atoms. The highest BCUT2D eigenvalue weighted by Crippen LogP contribution is 2.28. The predicted octanol–water partition coefficient (Wildman–Crippen LogP) is 1.20. The molecule has 0 amide bonds. The predicted molar refractivity (Wildman–Crippen MR) is 48.8 cm³/mol. The normalized spacial score (nSPS) is 17.8. The van der Waals surface area contributed by atoms with E-state index in [4.69, 9.17) is 0 Å². The third kappa shape index (κ3) is 1.50. The van der Waals surface area contributed by atoms with Gasteiger partial charge in [0.1, 0.15) is 0 Å². The SMILES string of the molecule is Cc1ccc(C2C(=O)OCOC2=O)s1. The number of rotatable bonds is 1. The van der Waals surface area contributed by atoms with Crippen molar-refractivity contribution >= 4 is 23.3 Å². The van der Waals surface area contributed by atoms with Crippen LogP contribution in [0, 0.1) is 6.92 Å². The molecule has 0 radical (unpaired) electrons. The highest BCUT2D eigenvalue weighted by atomic mass is 32.1. The number of cyclic esters (lactones) is 2. The highest BCUT2D eigenvalue weighted by molar-refractivity contribution is 7.12. The zero-order valence-corrected chi connectivity index (χ0v) is 8.30. The maximum absolute atomic E-state index is 11.3. The molecule has 1 saturated heterocycles. The molecular formula is C9H8O4S. The number of carbonyl (C=O) groups is 2. The van der Waals surface area contributed by atoms with Crippen LogP contribution in [-0.2, 0) is 19.1 Å². The van der Waals surface area contributed by atoms with Gasteiger partial charge < -0.3 is 9.47 Å². The Bertz CT molecular complexity index is 366. The van der Waals surface area contributed by atoms with Gasteiger partial charge in [0.25, 0.3) is 0 Å². The lowest BCUT2D eigenvalue weighted by Gasteiger charge is -2.18. The molecule has 2 heterocycles. The number of ether oxygens (including phenoxy) is 2. The second kappa shape index (κ2) is 3.42. The van der Waals surface area contributed by atoms with Crippen molar-refractivity contribution in [3.8, 4) is 0 Å². The van der Waals surface area contributed by atoms with Crippen LogP contribution >= 0.6 is 11.3 Å². The first-order chi connectivity index (χ1) is 6.68. The Morgan fingerprint density at radius 1 is 1.29 bits per heavy atom. The molecule has 0 unspecified atom stereocenters. The first-order valence-corrected chi connectivity index (χ1v) is 4.90. The van der Waals surface area contributed by atoms with E-state index in [0.29, 0.717) is 4.88 Å². The summed E-state index contributed by atoms with van der Waals surface area (Å²) in [4.78, 5) is 24.3. The van der Waals surface area contributed by atoms with Crippen LogP contribution in [0.2, 0.25) is 0 Å². The van der Waals surface area contributed by atoms with Gasteiger partial charge in [-0.15, -0.1) is 11.3 Å². The molecule has 1 aromatic rings. The van der Waals surface area contributed by atoms with Gasteiger partial charge in [-0.05, 0) is 19.1 Å². The highest BCUT2D eigenvalue weighted by Gasteiger charge is 2.36. The summed E-state index contributed by atoms with van der Waals surface area (Å²) >= 11 is 1.40. The molecule has 0 aliphatic carbocycles. The Labute approximate surface area is 84.4 Å². The molecule has 4 nitrogen and oxygen atoms in total. The Balaban J connectivity index is 2.31. The van der Waals surface area contributed by atoms with Gasteiger partial charge in [-0.2, -0.15) is 0 Å². The van der Waals surface area contributed by atoms with Crippen molar-refractivity contribution in [2.24, 2.45) is 0 Å². The average molecular weight is 212 g/mol. The van der Waals surface area contributed by atoms with Crippen LogP contribution in [0.4, 0.5) is 0 Å². The van der Waals surface area contributed by atoms with E-state index < -0.39 is 17.9 Å². The van der Waals surface area contributed by atoms with Crippen LogP contribution in [0.3, 0.4) is 0 Å². The summed E-state index contributed by atoms with van der Waals surface area (Å²) < 4.78 is 9.30. The fourth-order valence-electron chi connectivity index (χ4n) is 1.25. The molecule has 1 aliphatic heterocycles. The molecule has 5 heteroatoms. The van der Waals surface area contributed by atoms with E-state index in [1.54, 1.807) is 6.07 Å². The van der Waals surface area contributed by atoms with Crippen LogP contribution < -0.4 is 0 Å². The van der Waals surface area contributed by atoms with Gasteiger partial charge in [0.15, 0.2) is 5.92 Å². The van der Waals surface area contributed by atoms with Gasteiger partial charge >= 0.3 is 11.9 Å². The van der Waals surface area contributed by atoms with Gasteiger partial charge in [-0.1, -0.05) is 0 Å². The minimum absolute atomic E-state index is 0.265. The largest absolute Gasteiger partial charge is 0.427 e. The van der Waals surface area contributed by atoms with E-state index >= 15 is 0 Å². The lowest BCUT2D eigenvalue weighted by atomic mass is 10.1. The van der Waals surface area contributed by atoms with Crippen LogP contribution in [-0.4, -0.2) is 18.7 Å². The molecule has 0 N–H and O–H groups in total. The van der Waals surface area contributed by atoms with Gasteiger partial charge in [0.2, 0.25) is 6.79 Å². The van der Waals surface area contributed by atoms with Crippen molar-refractivity contribution in [2.45, 2.75) is 12.8 Å². The summed E-state index contributed by atoms with van der Waals surface area (Å²) in [5.41, 5.74) is 0. The lowest BCUT2D eigenvalue weighted by Crippen LogP contribution is -2.32. The second-order valence-corrected chi connectivity index (χ2v) is 4.25. The zero-order valence-electron chi connectivity index (χ0n) is 7.48. The molecular weight excluding hydrogens is 204 g/mol. The Hall–Kier alpha value is -1.36. The maximum Gasteiger partial charge on any atom is 0.328 e. The van der Waals surface area contributed by atoms with Gasteiger partial charge in [0.05, 0.1) is 0 Å². The quantitative estimate of drug-likeness (QED) is 0.518. The fourth-order valence-corrected chi connectivity index (χ4v) is 2.20. The van der Waals surface area contributed by atoms with Gasteiger partial charge in [-0.25, -0.2) is 0 Å². The molecule has 0 aromatic carbocycles. The van der Waals surface area contributed by atoms with E-state index in [2.05, 4.69) is 9.47 Å². The summed E-state index contributed by atoms with van der Waals surface area (Å²) in [6, 6.07) is 3.60. The molecule has 0 bridgehead atoms. The van der Waals surface area contributed by atoms with Crippen molar-refractivity contribution in [3.63, 3.8) is 0 Å². The molecule has 74 valence electrons. The summed E-state index contributed by atoms with van der Waals surface area (Å²) in [5.74, 6) is -1.94. The van der Waals surface area contributed by atoms with Crippen molar-refractivity contribution in [2.75, 3.05) is 6.79 Å². The maximum atomic E-state index is 11.3. The number of thiophene rings is 1. The van der Waals surface area contributed by atoms with E-state index in [9.17, 15) is 9.59 Å². The molecule has 0 spiro atoms. The smallest absolute Gasteiger partial charge is 0.328 e. The van der Waals surface area contributed by atoms with Crippen molar-refractivity contribution < 1.29 is 19.1 Å². The topological polar surface area (TPSA) is 52.6 Å². The molecule has 1 aromatic heterocycles. The number of hydrogen-bond donors (Lipinski definition) is 0. The summed E-state index contributed by atoms with van der Waals surface area (Å²) in [6.07, 6.45) is 0. The lowest BCUT2D eigenvalue weighted by molar-refractivity contribution is -0.184. The molecule has 0 atom stereocenters. The Morgan fingerprint density at radius 2 is 1.93 bits per heavy atom. The summed E-state index contributed by atoms with van der Waals surface area (Å²) in [5, 5.41) is 0. The summed E-state index contributed by atoms with van der Waals surface area (Å²) in [6.45, 7) is 1.65. The third-order valence-corrected chi connectivity index (χ3v) is 2.98. The minimum Gasteiger partial charge on any atom is -0.427 e. The van der Waals surface area contributed by atoms with Gasteiger partial charge in [-0.3, -0.25) is 9.59 Å². The Morgan fingerprint density at radius 3 is 2.43 bits per heavy atom. The standard InChI is InChI=1S/C9H8O4S/c1-5-2-3-6(14-5)7-8(10)12-4-13-9(7)11/h2-3,7H,4H2,1H3. The van der Waals surface area contributed by atoms with E-state index in [1.807, 2.05) is 13.0 Å². The number of esters is 2. The Kier molecular flexibility index (Phi) is 2.25. The van der Waals surface area contributed by atoms with Crippen LogP contribution in [0.15, 0.2) is 12.1 Å². The molecule has 1 aliphatic rings. The van der Waals surface area contributed by atoms with Crippen molar-refractivity contribution in [1.29, 1.82) is 0 Å². The first-order valence-electron chi connectivity index (χ1n) is 4.08. The van der Waals surface area contributed by atoms with Crippen LogP contribution in [0.5, 0.6) is 0 Å². The van der Waals surface area contributed by atoms with Crippen molar-refractivity contribution in [1.82, 2.24) is 0 Å². The number of aryl methyl sites for hydroxylation is 1. The zero-order chi connectivity index (χ0) is 10.1. The fraction of sp³-hybridized carbons (Fsp3) is 0.333.